The molecular weight excluding hydrogens is 296 g/mol. The van der Waals surface area contributed by atoms with Crippen LogP contribution < -0.4 is 5.32 Å². The Morgan fingerprint density at radius 1 is 1.38 bits per heavy atom. The Bertz CT molecular complexity index is 550. The number of carboxylic acid groups (broad SMARTS) is 1. The number of likely N-dealkylation sites (tertiary alicyclic amines) is 1. The first-order valence-corrected chi connectivity index (χ1v) is 7.12. The van der Waals surface area contributed by atoms with Gasteiger partial charge in [-0.05, 0) is 37.5 Å². The fourth-order valence-corrected chi connectivity index (χ4v) is 2.62. The highest BCUT2D eigenvalue weighted by Gasteiger charge is 2.26. The van der Waals surface area contributed by atoms with Gasteiger partial charge in [-0.15, -0.1) is 0 Å². The first kappa shape index (κ1) is 15.6. The Hall–Kier alpha value is -1.79. The number of carbonyl (C=O) groups excluding carboxylic acids is 1. The molecule has 0 spiro atoms. The number of piperidine rings is 1. The minimum Gasteiger partial charge on any atom is -0.478 e. The molecule has 1 fully saturated rings. The van der Waals surface area contributed by atoms with Crippen LogP contribution in [0.2, 0.25) is 5.02 Å². The van der Waals surface area contributed by atoms with Gasteiger partial charge >= 0.3 is 12.0 Å². The van der Waals surface area contributed by atoms with Crippen molar-refractivity contribution in [1.29, 1.82) is 0 Å². The minimum atomic E-state index is -1.15. The van der Waals surface area contributed by atoms with E-state index in [1.165, 1.54) is 12.1 Å². The second kappa shape index (κ2) is 6.78. The number of benzene rings is 1. The predicted molar refractivity (Wildman–Crippen MR) is 78.9 cm³/mol. The minimum absolute atomic E-state index is 0.0631. The van der Waals surface area contributed by atoms with Crippen LogP contribution in [-0.4, -0.2) is 46.3 Å². The third kappa shape index (κ3) is 3.65. The van der Waals surface area contributed by atoms with Gasteiger partial charge in [0.2, 0.25) is 0 Å². The molecule has 1 aliphatic rings. The molecule has 3 N–H and O–H groups in total. The average molecular weight is 313 g/mol. The Balaban J connectivity index is 2.12. The lowest BCUT2D eigenvalue weighted by atomic mass is 10.0. The van der Waals surface area contributed by atoms with Gasteiger partial charge in [-0.2, -0.15) is 0 Å². The molecule has 0 radical (unpaired) electrons. The lowest BCUT2D eigenvalue weighted by Gasteiger charge is -2.34. The second-order valence-corrected chi connectivity index (χ2v) is 5.36. The van der Waals surface area contributed by atoms with E-state index in [9.17, 15) is 14.7 Å². The fraction of sp³-hybridized carbons (Fsp3) is 0.429. The van der Waals surface area contributed by atoms with Gasteiger partial charge in [-0.3, -0.25) is 0 Å². The Morgan fingerprint density at radius 3 is 2.81 bits per heavy atom. The van der Waals surface area contributed by atoms with E-state index >= 15 is 0 Å². The summed E-state index contributed by atoms with van der Waals surface area (Å²) < 4.78 is 0. The number of hydrogen-bond acceptors (Lipinski definition) is 3. The summed E-state index contributed by atoms with van der Waals surface area (Å²) in [4.78, 5) is 24.8. The Labute approximate surface area is 127 Å². The smallest absolute Gasteiger partial charge is 0.337 e. The number of nitrogens with zero attached hydrogens (tertiary/aromatic N) is 1. The van der Waals surface area contributed by atoms with Crippen molar-refractivity contribution in [2.75, 3.05) is 18.5 Å². The number of halogens is 1. The van der Waals surface area contributed by atoms with E-state index in [0.29, 0.717) is 12.2 Å². The number of carbonyl (C=O) groups is 2. The summed E-state index contributed by atoms with van der Waals surface area (Å²) in [5.74, 6) is -1.15. The third-order valence-corrected chi connectivity index (χ3v) is 3.88. The van der Waals surface area contributed by atoms with Crippen molar-refractivity contribution >= 4 is 29.3 Å². The van der Waals surface area contributed by atoms with Crippen molar-refractivity contribution in [2.24, 2.45) is 0 Å². The van der Waals surface area contributed by atoms with Crippen molar-refractivity contribution in [3.8, 4) is 0 Å². The molecule has 0 bridgehead atoms. The molecule has 2 amide bonds. The van der Waals surface area contributed by atoms with Gasteiger partial charge in [0.25, 0.3) is 0 Å². The molecule has 1 aromatic rings. The van der Waals surface area contributed by atoms with E-state index in [-0.39, 0.29) is 29.3 Å². The highest BCUT2D eigenvalue weighted by Crippen LogP contribution is 2.22. The topological polar surface area (TPSA) is 89.9 Å². The molecule has 1 aromatic carbocycles. The van der Waals surface area contributed by atoms with Crippen LogP contribution in [0.25, 0.3) is 0 Å². The average Bonchev–Trinajstić information content (AvgIpc) is 2.48. The van der Waals surface area contributed by atoms with Crippen LogP contribution in [0.3, 0.4) is 0 Å². The van der Waals surface area contributed by atoms with E-state index in [4.69, 9.17) is 16.7 Å². The van der Waals surface area contributed by atoms with Crippen molar-refractivity contribution in [1.82, 2.24) is 4.90 Å². The van der Waals surface area contributed by atoms with Crippen LogP contribution in [-0.2, 0) is 0 Å². The molecule has 114 valence electrons. The van der Waals surface area contributed by atoms with Gasteiger partial charge in [0.15, 0.2) is 0 Å². The highest BCUT2D eigenvalue weighted by atomic mass is 35.5. The number of carboxylic acids is 1. The summed E-state index contributed by atoms with van der Waals surface area (Å²) in [5, 5.41) is 21.1. The first-order valence-electron chi connectivity index (χ1n) is 6.74. The molecule has 1 unspecified atom stereocenters. The van der Waals surface area contributed by atoms with Crippen molar-refractivity contribution in [3.05, 3.63) is 28.8 Å². The normalized spacial score (nSPS) is 18.4. The Morgan fingerprint density at radius 2 is 2.14 bits per heavy atom. The molecule has 21 heavy (non-hydrogen) atoms. The highest BCUT2D eigenvalue weighted by molar-refractivity contribution is 6.33. The van der Waals surface area contributed by atoms with E-state index in [0.717, 1.165) is 19.3 Å². The largest absolute Gasteiger partial charge is 0.478 e. The summed E-state index contributed by atoms with van der Waals surface area (Å²) in [6, 6.07) is 3.77. The van der Waals surface area contributed by atoms with Crippen LogP contribution in [0, 0.1) is 0 Å². The van der Waals surface area contributed by atoms with Crippen molar-refractivity contribution in [3.63, 3.8) is 0 Å². The maximum atomic E-state index is 12.2. The van der Waals surface area contributed by atoms with Crippen LogP contribution in [0.5, 0.6) is 0 Å². The van der Waals surface area contributed by atoms with E-state index < -0.39 is 5.97 Å². The van der Waals surface area contributed by atoms with Gasteiger partial charge in [0.1, 0.15) is 0 Å². The molecule has 7 heteroatoms. The molecule has 1 aliphatic heterocycles. The summed E-state index contributed by atoms with van der Waals surface area (Å²) >= 11 is 5.79. The van der Waals surface area contributed by atoms with Crippen LogP contribution in [0.1, 0.15) is 29.6 Å². The summed E-state index contributed by atoms with van der Waals surface area (Å²) in [6.45, 7) is 0.505. The molecule has 1 saturated heterocycles. The van der Waals surface area contributed by atoms with Crippen LogP contribution >= 0.6 is 11.6 Å². The zero-order chi connectivity index (χ0) is 15.4. The van der Waals surface area contributed by atoms with E-state index in [2.05, 4.69) is 5.32 Å². The van der Waals surface area contributed by atoms with Gasteiger partial charge in [0.05, 0.1) is 23.2 Å². The summed E-state index contributed by atoms with van der Waals surface area (Å²) in [5.41, 5.74) is 0.302. The maximum Gasteiger partial charge on any atom is 0.337 e. The number of rotatable bonds is 3. The van der Waals surface area contributed by atoms with Gasteiger partial charge in [0, 0.05) is 12.2 Å². The number of urea groups is 1. The number of amides is 2. The number of aromatic carboxylic acids is 1. The van der Waals surface area contributed by atoms with Gasteiger partial charge in [-0.25, -0.2) is 9.59 Å². The lowest BCUT2D eigenvalue weighted by Crippen LogP contribution is -2.47. The number of aliphatic hydroxyl groups is 1. The monoisotopic (exact) mass is 312 g/mol. The lowest BCUT2D eigenvalue weighted by molar-refractivity contribution is 0.0697. The van der Waals surface area contributed by atoms with Crippen molar-refractivity contribution < 1.29 is 19.8 Å². The quantitative estimate of drug-likeness (QED) is 0.799. The zero-order valence-corrected chi connectivity index (χ0v) is 12.1. The second-order valence-electron chi connectivity index (χ2n) is 4.96. The SMILES string of the molecule is O=C(O)c1cc(NC(=O)N2CCCCC2CO)ccc1Cl. The number of hydrogen-bond donors (Lipinski definition) is 3. The predicted octanol–water partition coefficient (Wildman–Crippen LogP) is 2.42. The number of anilines is 1. The molecule has 6 nitrogen and oxygen atoms in total. The number of nitrogens with one attached hydrogen (secondary N) is 1. The zero-order valence-electron chi connectivity index (χ0n) is 11.4. The molecular formula is C14H17ClN2O4. The summed E-state index contributed by atoms with van der Waals surface area (Å²) in [7, 11) is 0. The van der Waals surface area contributed by atoms with E-state index in [1.807, 2.05) is 0 Å². The molecule has 0 aliphatic carbocycles. The fourth-order valence-electron chi connectivity index (χ4n) is 2.42. The van der Waals surface area contributed by atoms with Crippen LogP contribution in [0.4, 0.5) is 10.5 Å². The summed E-state index contributed by atoms with van der Waals surface area (Å²) in [6.07, 6.45) is 2.65. The first-order chi connectivity index (χ1) is 10.0. The third-order valence-electron chi connectivity index (χ3n) is 3.55. The van der Waals surface area contributed by atoms with E-state index in [1.54, 1.807) is 11.0 Å². The van der Waals surface area contributed by atoms with Crippen LogP contribution in [0.15, 0.2) is 18.2 Å². The molecule has 0 saturated carbocycles. The molecule has 1 heterocycles. The molecule has 0 aromatic heterocycles. The Kier molecular flexibility index (Phi) is 5.03. The van der Waals surface area contributed by atoms with Gasteiger partial charge in [-0.1, -0.05) is 11.6 Å². The molecule has 1 atom stereocenters. The maximum absolute atomic E-state index is 12.2. The van der Waals surface area contributed by atoms with Crippen molar-refractivity contribution in [2.45, 2.75) is 25.3 Å². The standard InChI is InChI=1S/C14H17ClN2O4/c15-12-5-4-9(7-11(12)13(19)20)16-14(21)17-6-2-1-3-10(17)8-18/h4-5,7,10,18H,1-3,6,8H2,(H,16,21)(H,19,20). The molecule has 2 rings (SSSR count). The van der Waals surface area contributed by atoms with Gasteiger partial charge < -0.3 is 20.4 Å². The number of aliphatic hydroxyl groups excluding tert-OH is 1.